The summed E-state index contributed by atoms with van der Waals surface area (Å²) in [4.78, 5) is 11.2. The number of hydrogen-bond acceptors (Lipinski definition) is 2. The Bertz CT molecular complexity index is 169. The molecule has 0 saturated heterocycles. The molecule has 0 spiro atoms. The minimum atomic E-state index is -0.128. The zero-order valence-corrected chi connectivity index (χ0v) is 7.42. The molecule has 0 amide bonds. The quantitative estimate of drug-likeness (QED) is 0.621. The maximum absolute atomic E-state index is 11.2. The van der Waals surface area contributed by atoms with Crippen LogP contribution in [-0.4, -0.2) is 5.78 Å². The van der Waals surface area contributed by atoms with Gasteiger partial charge in [-0.1, -0.05) is 13.8 Å². The number of carbonyl (C=O) groups excluding carboxylic acids is 1. The van der Waals surface area contributed by atoms with Gasteiger partial charge in [0.2, 0.25) is 0 Å². The predicted molar refractivity (Wildman–Crippen MR) is 43.9 cm³/mol. The van der Waals surface area contributed by atoms with Crippen LogP contribution in [-0.2, 0) is 4.79 Å². The normalized spacial score (nSPS) is 15.1. The third kappa shape index (κ3) is 3.77. The van der Waals surface area contributed by atoms with E-state index in [-0.39, 0.29) is 17.6 Å². The van der Waals surface area contributed by atoms with Crippen molar-refractivity contribution in [3.8, 4) is 6.07 Å². The van der Waals surface area contributed by atoms with Crippen molar-refractivity contribution in [2.24, 2.45) is 11.8 Å². The summed E-state index contributed by atoms with van der Waals surface area (Å²) >= 11 is 0. The Morgan fingerprint density at radius 2 is 2.09 bits per heavy atom. The minimum Gasteiger partial charge on any atom is -0.299 e. The first-order valence-electron chi connectivity index (χ1n) is 4.04. The summed E-state index contributed by atoms with van der Waals surface area (Å²) in [5.74, 6) is 0.198. The van der Waals surface area contributed by atoms with E-state index in [9.17, 15) is 4.79 Å². The molecule has 2 unspecified atom stereocenters. The lowest BCUT2D eigenvalue weighted by Gasteiger charge is -2.07. The van der Waals surface area contributed by atoms with Crippen molar-refractivity contribution >= 4 is 5.78 Å². The monoisotopic (exact) mass is 153 g/mol. The van der Waals surface area contributed by atoms with E-state index >= 15 is 0 Å². The first kappa shape index (κ1) is 10.2. The number of Topliss-reactive ketones (excluding diaryl/α,β-unsaturated/α-hetero) is 1. The molecule has 0 radical (unpaired) electrons. The molecule has 0 fully saturated rings. The van der Waals surface area contributed by atoms with Crippen LogP contribution >= 0.6 is 0 Å². The Kier molecular flexibility index (Phi) is 4.52. The van der Waals surface area contributed by atoms with Gasteiger partial charge in [0.25, 0.3) is 0 Å². The number of nitriles is 1. The second-order valence-electron chi connectivity index (χ2n) is 3.01. The maximum atomic E-state index is 11.2. The van der Waals surface area contributed by atoms with Crippen LogP contribution < -0.4 is 0 Å². The average Bonchev–Trinajstić information content (AvgIpc) is 2.02. The van der Waals surface area contributed by atoms with Gasteiger partial charge in [0.1, 0.15) is 5.78 Å². The molecule has 0 aromatic carbocycles. The molecule has 0 aliphatic heterocycles. The largest absolute Gasteiger partial charge is 0.299 e. The molecule has 0 N–H and O–H groups in total. The summed E-state index contributed by atoms with van der Waals surface area (Å²) in [5, 5.41) is 8.44. The first-order valence-corrected chi connectivity index (χ1v) is 4.04. The topological polar surface area (TPSA) is 40.9 Å². The molecular formula is C9H15NO. The summed E-state index contributed by atoms with van der Waals surface area (Å²) in [6.07, 6.45) is 1.28. The molecule has 0 bridgehead atoms. The molecule has 2 heteroatoms. The van der Waals surface area contributed by atoms with Gasteiger partial charge in [-0.2, -0.15) is 5.26 Å². The lowest BCUT2D eigenvalue weighted by Crippen LogP contribution is -2.12. The summed E-state index contributed by atoms with van der Waals surface area (Å²) < 4.78 is 0. The van der Waals surface area contributed by atoms with Crippen molar-refractivity contribution < 1.29 is 4.79 Å². The molecule has 0 aromatic rings. The summed E-state index contributed by atoms with van der Waals surface area (Å²) in [6.45, 7) is 5.67. The zero-order chi connectivity index (χ0) is 8.85. The van der Waals surface area contributed by atoms with Crippen molar-refractivity contribution in [3.63, 3.8) is 0 Å². The summed E-state index contributed by atoms with van der Waals surface area (Å²) in [5.41, 5.74) is 0. The van der Waals surface area contributed by atoms with Crippen molar-refractivity contribution in [1.82, 2.24) is 0 Å². The van der Waals surface area contributed by atoms with Crippen LogP contribution in [0.25, 0.3) is 0 Å². The van der Waals surface area contributed by atoms with Crippen molar-refractivity contribution in [1.29, 1.82) is 5.26 Å². The van der Waals surface area contributed by atoms with E-state index < -0.39 is 0 Å². The van der Waals surface area contributed by atoms with Crippen LogP contribution in [0, 0.1) is 23.2 Å². The third-order valence-electron chi connectivity index (χ3n) is 1.89. The van der Waals surface area contributed by atoms with E-state index in [1.807, 2.05) is 13.8 Å². The molecule has 2 nitrogen and oxygen atoms in total. The van der Waals surface area contributed by atoms with Crippen LogP contribution in [0.5, 0.6) is 0 Å². The van der Waals surface area contributed by atoms with Gasteiger partial charge in [0.15, 0.2) is 0 Å². The molecule has 0 aromatic heterocycles. The van der Waals surface area contributed by atoms with Crippen LogP contribution in [0.1, 0.15) is 33.6 Å². The smallest absolute Gasteiger partial charge is 0.136 e. The van der Waals surface area contributed by atoms with Gasteiger partial charge < -0.3 is 0 Å². The number of nitrogens with zero attached hydrogens (tertiary/aromatic N) is 1. The minimum absolute atomic E-state index is 0.116. The van der Waals surface area contributed by atoms with Gasteiger partial charge >= 0.3 is 0 Å². The fourth-order valence-corrected chi connectivity index (χ4v) is 0.776. The van der Waals surface area contributed by atoms with Gasteiger partial charge in [-0.15, -0.1) is 0 Å². The SMILES string of the molecule is CCC(C)C(=O)CC(C)C#N. The Hall–Kier alpha value is -0.840. The van der Waals surface area contributed by atoms with Crippen molar-refractivity contribution in [3.05, 3.63) is 0 Å². The Labute approximate surface area is 68.2 Å². The molecule has 0 aliphatic rings. The summed E-state index contributed by atoms with van der Waals surface area (Å²) in [6, 6.07) is 2.05. The van der Waals surface area contributed by atoms with Crippen molar-refractivity contribution in [2.75, 3.05) is 0 Å². The zero-order valence-electron chi connectivity index (χ0n) is 7.42. The fourth-order valence-electron chi connectivity index (χ4n) is 0.776. The molecule has 2 atom stereocenters. The number of rotatable bonds is 4. The number of carbonyl (C=O) groups is 1. The Balaban J connectivity index is 3.80. The molecule has 0 heterocycles. The standard InChI is InChI=1S/C9H15NO/c1-4-8(3)9(11)5-7(2)6-10/h7-8H,4-5H2,1-3H3. The van der Waals surface area contributed by atoms with Crippen molar-refractivity contribution in [2.45, 2.75) is 33.6 Å². The fraction of sp³-hybridized carbons (Fsp3) is 0.778. The summed E-state index contributed by atoms with van der Waals surface area (Å²) in [7, 11) is 0. The highest BCUT2D eigenvalue weighted by molar-refractivity contribution is 5.81. The first-order chi connectivity index (χ1) is 5.11. The molecule has 0 rings (SSSR count). The van der Waals surface area contributed by atoms with Crippen LogP contribution in [0.15, 0.2) is 0 Å². The second kappa shape index (κ2) is 4.90. The number of hydrogen-bond donors (Lipinski definition) is 0. The van der Waals surface area contributed by atoms with E-state index in [4.69, 9.17) is 5.26 Å². The van der Waals surface area contributed by atoms with E-state index in [0.717, 1.165) is 6.42 Å². The molecule has 0 saturated carbocycles. The Morgan fingerprint density at radius 1 is 1.55 bits per heavy atom. The van der Waals surface area contributed by atoms with Crippen LogP contribution in [0.4, 0.5) is 0 Å². The van der Waals surface area contributed by atoms with Gasteiger partial charge in [0, 0.05) is 12.3 Å². The van der Waals surface area contributed by atoms with Crippen LogP contribution in [0.2, 0.25) is 0 Å². The van der Waals surface area contributed by atoms with Gasteiger partial charge in [-0.3, -0.25) is 4.79 Å². The second-order valence-corrected chi connectivity index (χ2v) is 3.01. The van der Waals surface area contributed by atoms with Gasteiger partial charge in [-0.05, 0) is 13.3 Å². The maximum Gasteiger partial charge on any atom is 0.136 e. The lowest BCUT2D eigenvalue weighted by atomic mass is 9.96. The highest BCUT2D eigenvalue weighted by Gasteiger charge is 2.13. The van der Waals surface area contributed by atoms with Crippen LogP contribution in [0.3, 0.4) is 0 Å². The lowest BCUT2D eigenvalue weighted by molar-refractivity contribution is -0.122. The van der Waals surface area contributed by atoms with E-state index in [2.05, 4.69) is 6.07 Å². The molecule has 62 valence electrons. The predicted octanol–water partition coefficient (Wildman–Crippen LogP) is 2.15. The number of ketones is 1. The third-order valence-corrected chi connectivity index (χ3v) is 1.89. The van der Waals surface area contributed by atoms with E-state index in [0.29, 0.717) is 6.42 Å². The van der Waals surface area contributed by atoms with Gasteiger partial charge in [0.05, 0.1) is 12.0 Å². The van der Waals surface area contributed by atoms with Gasteiger partial charge in [-0.25, -0.2) is 0 Å². The molecule has 0 aliphatic carbocycles. The van der Waals surface area contributed by atoms with E-state index in [1.54, 1.807) is 6.92 Å². The molecule has 11 heavy (non-hydrogen) atoms. The Morgan fingerprint density at radius 3 is 2.45 bits per heavy atom. The average molecular weight is 153 g/mol. The highest BCUT2D eigenvalue weighted by atomic mass is 16.1. The molecular weight excluding hydrogens is 138 g/mol. The highest BCUT2D eigenvalue weighted by Crippen LogP contribution is 2.09. The van der Waals surface area contributed by atoms with E-state index in [1.165, 1.54) is 0 Å².